The second kappa shape index (κ2) is 6.27. The van der Waals surface area contributed by atoms with Gasteiger partial charge < -0.3 is 20.2 Å². The molecule has 2 heterocycles. The topological polar surface area (TPSA) is 111 Å². The highest BCUT2D eigenvalue weighted by atomic mass is 16.4. The van der Waals surface area contributed by atoms with E-state index in [1.54, 1.807) is 0 Å². The van der Waals surface area contributed by atoms with Crippen molar-refractivity contribution in [3.8, 4) is 0 Å². The minimum Gasteiger partial charge on any atom is -0.543 e. The molecule has 7 heteroatoms. The van der Waals surface area contributed by atoms with Crippen LogP contribution in [0.4, 0.5) is 0 Å². The van der Waals surface area contributed by atoms with Gasteiger partial charge in [-0.1, -0.05) is 18.2 Å². The van der Waals surface area contributed by atoms with Crippen LogP contribution in [0.3, 0.4) is 0 Å². The summed E-state index contributed by atoms with van der Waals surface area (Å²) in [5, 5.41) is 14.7. The van der Waals surface area contributed by atoms with Crippen molar-refractivity contribution >= 4 is 22.8 Å². The van der Waals surface area contributed by atoms with E-state index >= 15 is 0 Å². The van der Waals surface area contributed by atoms with Crippen LogP contribution in [0.15, 0.2) is 42.9 Å². The lowest BCUT2D eigenvalue weighted by Crippen LogP contribution is -2.32. The molecule has 0 fully saturated rings. The van der Waals surface area contributed by atoms with Gasteiger partial charge in [0.05, 0.1) is 5.97 Å². The number of aromatic amines is 1. The Morgan fingerprint density at radius 2 is 1.87 bits per heavy atom. The third-order valence-electron chi connectivity index (χ3n) is 3.46. The normalized spacial score (nSPS) is 10.6. The molecular formula is C16H13N4O3-. The van der Waals surface area contributed by atoms with Crippen molar-refractivity contribution in [3.63, 3.8) is 0 Å². The number of hydrogen-bond acceptors (Lipinski definition) is 5. The number of para-hydroxylation sites is 1. The second-order valence-electron chi connectivity index (χ2n) is 4.91. The highest BCUT2D eigenvalue weighted by Crippen LogP contribution is 2.17. The summed E-state index contributed by atoms with van der Waals surface area (Å²) in [7, 11) is 0. The monoisotopic (exact) mass is 309 g/mol. The number of H-pyrrole nitrogens is 1. The Balaban J connectivity index is 1.67. The molecule has 116 valence electrons. The van der Waals surface area contributed by atoms with E-state index < -0.39 is 17.6 Å². The third kappa shape index (κ3) is 3.03. The Labute approximate surface area is 131 Å². The van der Waals surface area contributed by atoms with Crippen molar-refractivity contribution in [2.24, 2.45) is 0 Å². The van der Waals surface area contributed by atoms with Gasteiger partial charge in [-0.25, -0.2) is 4.98 Å². The molecule has 2 aromatic heterocycles. The largest absolute Gasteiger partial charge is 0.543 e. The lowest BCUT2D eigenvalue weighted by molar-refractivity contribution is -0.255. The van der Waals surface area contributed by atoms with Gasteiger partial charge >= 0.3 is 0 Å². The smallest absolute Gasteiger partial charge is 0.272 e. The molecule has 0 aliphatic rings. The van der Waals surface area contributed by atoms with Crippen LogP contribution in [-0.4, -0.2) is 33.4 Å². The Bertz CT molecular complexity index is 872. The summed E-state index contributed by atoms with van der Waals surface area (Å²) >= 11 is 0. The number of nitrogens with zero attached hydrogens (tertiary/aromatic N) is 2. The SMILES string of the molecule is O=C([O-])c1nccnc1C(=O)NCCc1c[nH]c2ccccc12. The number of rotatable bonds is 5. The molecule has 0 aliphatic carbocycles. The predicted molar refractivity (Wildman–Crippen MR) is 80.7 cm³/mol. The number of carbonyl (C=O) groups excluding carboxylic acids is 2. The van der Waals surface area contributed by atoms with Gasteiger partial charge in [0.15, 0.2) is 5.69 Å². The molecule has 3 aromatic rings. The van der Waals surface area contributed by atoms with E-state index in [0.29, 0.717) is 13.0 Å². The standard InChI is InChI=1S/C16H14N4O3/c21-15(13-14(16(22)23)18-8-7-17-13)19-6-5-10-9-20-12-4-2-1-3-11(10)12/h1-4,7-9,20H,5-6H2,(H,19,21)(H,22,23)/p-1. The molecule has 0 saturated heterocycles. The average Bonchev–Trinajstić information content (AvgIpc) is 2.98. The number of benzene rings is 1. The van der Waals surface area contributed by atoms with Crippen molar-refractivity contribution in [2.45, 2.75) is 6.42 Å². The number of carboxylic acids is 1. The molecule has 2 N–H and O–H groups in total. The van der Waals surface area contributed by atoms with Crippen LogP contribution >= 0.6 is 0 Å². The molecule has 23 heavy (non-hydrogen) atoms. The minimum absolute atomic E-state index is 0.244. The molecule has 7 nitrogen and oxygen atoms in total. The van der Waals surface area contributed by atoms with Gasteiger partial charge in [-0.3, -0.25) is 9.78 Å². The lowest BCUT2D eigenvalue weighted by atomic mass is 10.1. The van der Waals surface area contributed by atoms with Gasteiger partial charge in [-0.2, -0.15) is 0 Å². The van der Waals surface area contributed by atoms with Crippen molar-refractivity contribution < 1.29 is 14.7 Å². The number of amides is 1. The molecule has 0 spiro atoms. The van der Waals surface area contributed by atoms with Crippen LogP contribution in [0.5, 0.6) is 0 Å². The Morgan fingerprint density at radius 3 is 2.65 bits per heavy atom. The fourth-order valence-corrected chi connectivity index (χ4v) is 2.39. The van der Waals surface area contributed by atoms with Crippen LogP contribution in [0.1, 0.15) is 26.5 Å². The average molecular weight is 309 g/mol. The number of carbonyl (C=O) groups is 2. The molecule has 0 saturated carbocycles. The van der Waals surface area contributed by atoms with Crippen LogP contribution in [0, 0.1) is 0 Å². The van der Waals surface area contributed by atoms with Gasteiger partial charge in [0, 0.05) is 36.0 Å². The van der Waals surface area contributed by atoms with E-state index in [1.807, 2.05) is 30.5 Å². The van der Waals surface area contributed by atoms with Crippen LogP contribution in [0.2, 0.25) is 0 Å². The van der Waals surface area contributed by atoms with Crippen molar-refractivity contribution in [1.82, 2.24) is 20.3 Å². The summed E-state index contributed by atoms with van der Waals surface area (Å²) in [4.78, 5) is 33.5. The van der Waals surface area contributed by atoms with E-state index in [9.17, 15) is 14.7 Å². The molecule has 0 bridgehead atoms. The molecule has 0 unspecified atom stereocenters. The first-order valence-corrected chi connectivity index (χ1v) is 7.02. The summed E-state index contributed by atoms with van der Waals surface area (Å²) in [5.41, 5.74) is 1.39. The maximum absolute atomic E-state index is 12.0. The summed E-state index contributed by atoms with van der Waals surface area (Å²) in [5.74, 6) is -2.11. The fraction of sp³-hybridized carbons (Fsp3) is 0.125. The summed E-state index contributed by atoms with van der Waals surface area (Å²) < 4.78 is 0. The number of carboxylic acid groups (broad SMARTS) is 1. The number of hydrogen-bond donors (Lipinski definition) is 2. The molecule has 1 amide bonds. The molecular weight excluding hydrogens is 296 g/mol. The number of fused-ring (bicyclic) bond motifs is 1. The highest BCUT2D eigenvalue weighted by Gasteiger charge is 2.14. The van der Waals surface area contributed by atoms with Gasteiger partial charge in [0.2, 0.25) is 0 Å². The zero-order valence-corrected chi connectivity index (χ0v) is 12.1. The van der Waals surface area contributed by atoms with Gasteiger partial charge in [0.25, 0.3) is 5.91 Å². The Hall–Kier alpha value is -3.22. The first-order chi connectivity index (χ1) is 11.2. The molecule has 0 aliphatic heterocycles. The van der Waals surface area contributed by atoms with E-state index in [4.69, 9.17) is 0 Å². The summed E-state index contributed by atoms with van der Waals surface area (Å²) in [6, 6.07) is 7.87. The van der Waals surface area contributed by atoms with Crippen molar-refractivity contribution in [2.75, 3.05) is 6.54 Å². The summed E-state index contributed by atoms with van der Waals surface area (Å²) in [6.45, 7) is 0.351. The lowest BCUT2D eigenvalue weighted by Gasteiger charge is -2.08. The molecule has 3 rings (SSSR count). The van der Waals surface area contributed by atoms with E-state index in [0.717, 1.165) is 16.5 Å². The van der Waals surface area contributed by atoms with Gasteiger partial charge in [0.1, 0.15) is 5.69 Å². The first-order valence-electron chi connectivity index (χ1n) is 7.02. The number of nitrogens with one attached hydrogen (secondary N) is 2. The van der Waals surface area contributed by atoms with E-state index in [2.05, 4.69) is 20.3 Å². The minimum atomic E-state index is -1.53. The Kier molecular flexibility index (Phi) is 4.01. The maximum Gasteiger partial charge on any atom is 0.272 e. The van der Waals surface area contributed by atoms with Crippen LogP contribution in [0.25, 0.3) is 10.9 Å². The Morgan fingerprint density at radius 1 is 1.13 bits per heavy atom. The zero-order valence-electron chi connectivity index (χ0n) is 12.1. The van der Waals surface area contributed by atoms with Gasteiger partial charge in [-0.05, 0) is 18.1 Å². The summed E-state index contributed by atoms with van der Waals surface area (Å²) in [6.07, 6.45) is 4.97. The van der Waals surface area contributed by atoms with Crippen molar-refractivity contribution in [1.29, 1.82) is 0 Å². The van der Waals surface area contributed by atoms with E-state index in [1.165, 1.54) is 12.4 Å². The predicted octanol–water partition coefficient (Wildman–Crippen LogP) is 0.294. The number of aromatic nitrogens is 3. The highest BCUT2D eigenvalue weighted by molar-refractivity contribution is 6.01. The third-order valence-corrected chi connectivity index (χ3v) is 3.46. The molecule has 1 aromatic carbocycles. The number of aromatic carboxylic acids is 1. The van der Waals surface area contributed by atoms with E-state index in [-0.39, 0.29) is 5.69 Å². The van der Waals surface area contributed by atoms with Gasteiger partial charge in [-0.15, -0.1) is 0 Å². The maximum atomic E-state index is 12.0. The van der Waals surface area contributed by atoms with Crippen LogP contribution < -0.4 is 10.4 Å². The van der Waals surface area contributed by atoms with Crippen molar-refractivity contribution in [3.05, 3.63) is 59.8 Å². The quantitative estimate of drug-likeness (QED) is 0.704. The first kappa shape index (κ1) is 14.7. The molecule has 0 radical (unpaired) electrons. The fourth-order valence-electron chi connectivity index (χ4n) is 2.39. The van der Waals surface area contributed by atoms with Crippen LogP contribution in [-0.2, 0) is 6.42 Å². The zero-order chi connectivity index (χ0) is 16.2. The molecule has 0 atom stereocenters. The second-order valence-corrected chi connectivity index (χ2v) is 4.91.